The van der Waals surface area contributed by atoms with Gasteiger partial charge in [0, 0.05) is 12.2 Å². The van der Waals surface area contributed by atoms with Crippen LogP contribution in [0.3, 0.4) is 0 Å². The third kappa shape index (κ3) is 4.78. The van der Waals surface area contributed by atoms with Gasteiger partial charge >= 0.3 is 5.97 Å². The summed E-state index contributed by atoms with van der Waals surface area (Å²) in [5.41, 5.74) is 4.85. The van der Waals surface area contributed by atoms with Crippen LogP contribution in [0, 0.1) is 5.82 Å². The van der Waals surface area contributed by atoms with Gasteiger partial charge in [0.1, 0.15) is 5.82 Å². The molecule has 19 heavy (non-hydrogen) atoms. The minimum Gasteiger partial charge on any atom is -0.478 e. The van der Waals surface area contributed by atoms with E-state index in [-0.39, 0.29) is 22.6 Å². The van der Waals surface area contributed by atoms with E-state index in [1.54, 1.807) is 0 Å². The summed E-state index contributed by atoms with van der Waals surface area (Å²) in [4.78, 5) is 21.1. The highest BCUT2D eigenvalue weighted by molar-refractivity contribution is 7.85. The standard InChI is InChI=1S/C12H14FNO4S/c13-9-5-4-8(12(16)17)7-10(9)19(18)6-2-1-3-11(14)15/h4-5,7H,1-3,6H2,(H2,14,15)(H,16,17). The Hall–Kier alpha value is -1.76. The van der Waals surface area contributed by atoms with Gasteiger partial charge in [0.05, 0.1) is 21.3 Å². The molecule has 0 aliphatic rings. The maximum absolute atomic E-state index is 13.5. The van der Waals surface area contributed by atoms with Crippen molar-refractivity contribution in [3.63, 3.8) is 0 Å². The van der Waals surface area contributed by atoms with Crippen LogP contribution in [0.4, 0.5) is 4.39 Å². The van der Waals surface area contributed by atoms with Gasteiger partial charge in [-0.05, 0) is 31.0 Å². The molecule has 0 radical (unpaired) electrons. The Labute approximate surface area is 112 Å². The summed E-state index contributed by atoms with van der Waals surface area (Å²) < 4.78 is 25.3. The molecule has 0 spiro atoms. The van der Waals surface area contributed by atoms with Crippen LogP contribution in [-0.2, 0) is 15.6 Å². The van der Waals surface area contributed by atoms with Crippen molar-refractivity contribution in [1.29, 1.82) is 0 Å². The molecule has 0 fully saturated rings. The number of amides is 1. The Bertz CT molecular complexity index is 518. The van der Waals surface area contributed by atoms with Crippen molar-refractivity contribution in [3.8, 4) is 0 Å². The second kappa shape index (κ2) is 6.98. The lowest BCUT2D eigenvalue weighted by Crippen LogP contribution is -2.10. The summed E-state index contributed by atoms with van der Waals surface area (Å²) in [7, 11) is -1.63. The van der Waals surface area contributed by atoms with E-state index in [2.05, 4.69) is 0 Å². The molecule has 1 unspecified atom stereocenters. The van der Waals surface area contributed by atoms with Gasteiger partial charge in [0.25, 0.3) is 0 Å². The summed E-state index contributed by atoms with van der Waals surface area (Å²) in [5.74, 6) is -2.18. The summed E-state index contributed by atoms with van der Waals surface area (Å²) in [6, 6.07) is 3.17. The second-order valence-corrected chi connectivity index (χ2v) is 5.46. The van der Waals surface area contributed by atoms with Gasteiger partial charge in [-0.3, -0.25) is 9.00 Å². The fourth-order valence-corrected chi connectivity index (χ4v) is 2.68. The number of carboxylic acid groups (broad SMARTS) is 1. The Morgan fingerprint density at radius 2 is 2.00 bits per heavy atom. The minimum absolute atomic E-state index is 0.109. The second-order valence-electron chi connectivity index (χ2n) is 3.92. The van der Waals surface area contributed by atoms with Crippen LogP contribution in [0.15, 0.2) is 23.1 Å². The first-order valence-electron chi connectivity index (χ1n) is 5.61. The highest BCUT2D eigenvalue weighted by atomic mass is 32.2. The van der Waals surface area contributed by atoms with Crippen molar-refractivity contribution in [3.05, 3.63) is 29.6 Å². The lowest BCUT2D eigenvalue weighted by molar-refractivity contribution is -0.118. The lowest BCUT2D eigenvalue weighted by atomic mass is 10.2. The van der Waals surface area contributed by atoms with E-state index in [0.717, 1.165) is 18.2 Å². The number of nitrogens with two attached hydrogens (primary N) is 1. The van der Waals surface area contributed by atoms with E-state index in [4.69, 9.17) is 10.8 Å². The number of unbranched alkanes of at least 4 members (excludes halogenated alkanes) is 1. The number of halogens is 1. The van der Waals surface area contributed by atoms with Crippen molar-refractivity contribution in [1.82, 2.24) is 0 Å². The fourth-order valence-electron chi connectivity index (χ4n) is 1.45. The molecular weight excluding hydrogens is 273 g/mol. The van der Waals surface area contributed by atoms with Crippen LogP contribution in [-0.4, -0.2) is 26.9 Å². The minimum atomic E-state index is -1.63. The van der Waals surface area contributed by atoms with Gasteiger partial charge in [-0.2, -0.15) is 0 Å². The monoisotopic (exact) mass is 287 g/mol. The highest BCUT2D eigenvalue weighted by Crippen LogP contribution is 2.16. The molecule has 1 atom stereocenters. The van der Waals surface area contributed by atoms with Crippen molar-refractivity contribution in [2.75, 3.05) is 5.75 Å². The quantitative estimate of drug-likeness (QED) is 0.738. The van der Waals surface area contributed by atoms with E-state index in [1.165, 1.54) is 0 Å². The number of hydrogen-bond donors (Lipinski definition) is 2. The zero-order valence-corrected chi connectivity index (χ0v) is 10.9. The average molecular weight is 287 g/mol. The maximum Gasteiger partial charge on any atom is 0.335 e. The van der Waals surface area contributed by atoms with E-state index in [0.29, 0.717) is 12.8 Å². The van der Waals surface area contributed by atoms with E-state index in [9.17, 15) is 18.2 Å². The molecular formula is C12H14FNO4S. The molecule has 0 saturated heterocycles. The molecule has 0 aliphatic carbocycles. The smallest absolute Gasteiger partial charge is 0.335 e. The number of aromatic carboxylic acids is 1. The van der Waals surface area contributed by atoms with Gasteiger partial charge in [-0.25, -0.2) is 9.18 Å². The number of hydrogen-bond acceptors (Lipinski definition) is 3. The van der Waals surface area contributed by atoms with Crippen LogP contribution in [0.25, 0.3) is 0 Å². The molecule has 0 saturated carbocycles. The predicted octanol–water partition coefficient (Wildman–Crippen LogP) is 1.29. The summed E-state index contributed by atoms with van der Waals surface area (Å²) >= 11 is 0. The number of carbonyl (C=O) groups is 2. The van der Waals surface area contributed by atoms with Crippen LogP contribution < -0.4 is 5.73 Å². The molecule has 7 heteroatoms. The van der Waals surface area contributed by atoms with Crippen LogP contribution in [0.2, 0.25) is 0 Å². The predicted molar refractivity (Wildman–Crippen MR) is 67.7 cm³/mol. The van der Waals surface area contributed by atoms with E-state index >= 15 is 0 Å². The summed E-state index contributed by atoms with van der Waals surface area (Å²) in [6.07, 6.45) is 1.11. The molecule has 0 aliphatic heterocycles. The van der Waals surface area contributed by atoms with Gasteiger partial charge in [-0.1, -0.05) is 0 Å². The van der Waals surface area contributed by atoms with Gasteiger partial charge in [0.2, 0.25) is 5.91 Å². The number of rotatable bonds is 7. The Balaban J connectivity index is 2.68. The zero-order chi connectivity index (χ0) is 14.4. The number of carbonyl (C=O) groups excluding carboxylic acids is 1. The molecule has 0 heterocycles. The van der Waals surface area contributed by atoms with Crippen molar-refractivity contribution >= 4 is 22.7 Å². The SMILES string of the molecule is NC(=O)CCCCS(=O)c1cc(C(=O)O)ccc1F. The van der Waals surface area contributed by atoms with Crippen LogP contribution in [0.5, 0.6) is 0 Å². The third-order valence-corrected chi connectivity index (χ3v) is 3.89. The normalized spacial score (nSPS) is 12.1. The van der Waals surface area contributed by atoms with E-state index < -0.39 is 28.5 Å². The Morgan fingerprint density at radius 3 is 2.58 bits per heavy atom. The molecule has 1 rings (SSSR count). The molecule has 1 amide bonds. The Morgan fingerprint density at radius 1 is 1.32 bits per heavy atom. The molecule has 104 valence electrons. The largest absolute Gasteiger partial charge is 0.478 e. The average Bonchev–Trinajstić information content (AvgIpc) is 2.34. The Kier molecular flexibility index (Phi) is 5.62. The van der Waals surface area contributed by atoms with Gasteiger partial charge in [-0.15, -0.1) is 0 Å². The number of primary amides is 1. The van der Waals surface area contributed by atoms with Crippen molar-refractivity contribution < 1.29 is 23.3 Å². The van der Waals surface area contributed by atoms with Crippen LogP contribution in [0.1, 0.15) is 29.6 Å². The maximum atomic E-state index is 13.5. The van der Waals surface area contributed by atoms with Crippen LogP contribution >= 0.6 is 0 Å². The molecule has 3 N–H and O–H groups in total. The van der Waals surface area contributed by atoms with E-state index in [1.807, 2.05) is 0 Å². The molecule has 0 bridgehead atoms. The van der Waals surface area contributed by atoms with Gasteiger partial charge < -0.3 is 10.8 Å². The molecule has 5 nitrogen and oxygen atoms in total. The zero-order valence-electron chi connectivity index (χ0n) is 10.1. The summed E-state index contributed by atoms with van der Waals surface area (Å²) in [6.45, 7) is 0. The first kappa shape index (κ1) is 15.3. The molecule has 1 aromatic carbocycles. The first-order chi connectivity index (χ1) is 8.91. The summed E-state index contributed by atoms with van der Waals surface area (Å²) in [5, 5.41) is 8.78. The first-order valence-corrected chi connectivity index (χ1v) is 6.93. The molecule has 1 aromatic rings. The van der Waals surface area contributed by atoms with Gasteiger partial charge in [0.15, 0.2) is 0 Å². The lowest BCUT2D eigenvalue weighted by Gasteiger charge is -2.05. The topological polar surface area (TPSA) is 97.5 Å². The van der Waals surface area contributed by atoms with Crippen molar-refractivity contribution in [2.45, 2.75) is 24.2 Å². The van der Waals surface area contributed by atoms with Crippen molar-refractivity contribution in [2.24, 2.45) is 5.73 Å². The molecule has 0 aromatic heterocycles. The fraction of sp³-hybridized carbons (Fsp3) is 0.333. The number of carboxylic acids is 1. The highest BCUT2D eigenvalue weighted by Gasteiger charge is 2.13. The number of benzene rings is 1. The third-order valence-electron chi connectivity index (χ3n) is 2.43.